The van der Waals surface area contributed by atoms with Crippen LogP contribution in [-0.4, -0.2) is 24.3 Å². The average Bonchev–Trinajstić information content (AvgIpc) is 3.14. The number of esters is 1. The predicted molar refractivity (Wildman–Crippen MR) is 85.3 cm³/mol. The van der Waals surface area contributed by atoms with Gasteiger partial charge in [0.15, 0.2) is 12.4 Å². The summed E-state index contributed by atoms with van der Waals surface area (Å²) in [5.74, 6) is -0.707. The number of hydrogen-bond donors (Lipinski definition) is 1. The minimum absolute atomic E-state index is 0.0688. The van der Waals surface area contributed by atoms with E-state index in [-0.39, 0.29) is 36.1 Å². The van der Waals surface area contributed by atoms with Crippen LogP contribution in [0.4, 0.5) is 5.69 Å². The Balaban J connectivity index is 1.57. The molecular formula is C18H19NO4. The Morgan fingerprint density at radius 3 is 2.91 bits per heavy atom. The average molecular weight is 313 g/mol. The monoisotopic (exact) mass is 313 g/mol. The van der Waals surface area contributed by atoms with Gasteiger partial charge in [-0.15, -0.1) is 0 Å². The summed E-state index contributed by atoms with van der Waals surface area (Å²) in [5, 5.41) is 2.76. The molecule has 1 N–H and O–H groups in total. The Morgan fingerprint density at radius 2 is 2.17 bits per heavy atom. The molecule has 3 rings (SSSR count). The van der Waals surface area contributed by atoms with Crippen LogP contribution in [0.5, 0.6) is 0 Å². The number of carbonyl (C=O) groups excluding carboxylic acids is 3. The van der Waals surface area contributed by atoms with Crippen LogP contribution >= 0.6 is 0 Å². The number of amides is 1. The second-order valence-electron chi connectivity index (χ2n) is 6.07. The molecule has 1 aliphatic heterocycles. The quantitative estimate of drug-likeness (QED) is 0.515. The number of anilines is 1. The first-order valence-electron chi connectivity index (χ1n) is 7.85. The van der Waals surface area contributed by atoms with Crippen molar-refractivity contribution < 1.29 is 19.1 Å². The first-order chi connectivity index (χ1) is 11.0. The number of rotatable bonds is 5. The second kappa shape index (κ2) is 6.36. The van der Waals surface area contributed by atoms with Crippen LogP contribution in [0.15, 0.2) is 30.4 Å². The van der Waals surface area contributed by atoms with Gasteiger partial charge < -0.3 is 10.1 Å². The molecule has 120 valence electrons. The summed E-state index contributed by atoms with van der Waals surface area (Å²) in [5.41, 5.74) is 2.01. The third-order valence-electron chi connectivity index (χ3n) is 4.40. The number of hydrogen-bond acceptors (Lipinski definition) is 4. The van der Waals surface area contributed by atoms with Crippen molar-refractivity contribution in [2.45, 2.75) is 32.1 Å². The zero-order valence-electron chi connectivity index (χ0n) is 13.0. The minimum atomic E-state index is -0.346. The summed E-state index contributed by atoms with van der Waals surface area (Å²) in [7, 11) is 0. The highest BCUT2D eigenvalue weighted by molar-refractivity contribution is 6.05. The zero-order valence-corrected chi connectivity index (χ0v) is 13.0. The summed E-state index contributed by atoms with van der Waals surface area (Å²) in [6.07, 6.45) is 6.37. The van der Waals surface area contributed by atoms with Crippen LogP contribution < -0.4 is 5.32 Å². The molecule has 1 aromatic rings. The van der Waals surface area contributed by atoms with Crippen molar-refractivity contribution in [2.75, 3.05) is 11.9 Å². The molecule has 0 radical (unpaired) electrons. The van der Waals surface area contributed by atoms with Crippen LogP contribution in [0.2, 0.25) is 0 Å². The lowest BCUT2D eigenvalue weighted by atomic mass is 9.99. The van der Waals surface area contributed by atoms with E-state index in [1.165, 1.54) is 0 Å². The van der Waals surface area contributed by atoms with Gasteiger partial charge >= 0.3 is 5.97 Å². The maximum atomic E-state index is 12.2. The molecule has 5 heteroatoms. The van der Waals surface area contributed by atoms with Crippen LogP contribution in [0.1, 0.15) is 48.0 Å². The molecule has 1 aliphatic carbocycles. The predicted octanol–water partition coefficient (Wildman–Crippen LogP) is 2.82. The van der Waals surface area contributed by atoms with Gasteiger partial charge in [-0.1, -0.05) is 12.2 Å². The zero-order chi connectivity index (χ0) is 16.4. The van der Waals surface area contributed by atoms with Gasteiger partial charge in [0.2, 0.25) is 5.91 Å². The summed E-state index contributed by atoms with van der Waals surface area (Å²) >= 11 is 0. The maximum Gasteiger partial charge on any atom is 0.306 e. The first-order valence-corrected chi connectivity index (χ1v) is 7.85. The molecule has 23 heavy (non-hydrogen) atoms. The smallest absolute Gasteiger partial charge is 0.306 e. The van der Waals surface area contributed by atoms with Crippen LogP contribution in [-0.2, 0) is 14.3 Å². The fraction of sp³-hybridized carbons (Fsp3) is 0.389. The number of fused-ring (bicyclic) bond motifs is 1. The molecule has 2 atom stereocenters. The Kier molecular flexibility index (Phi) is 4.28. The van der Waals surface area contributed by atoms with Crippen molar-refractivity contribution in [3.05, 3.63) is 41.5 Å². The lowest BCUT2D eigenvalue weighted by molar-refractivity contribution is -0.143. The Bertz CT molecular complexity index is 692. The van der Waals surface area contributed by atoms with E-state index in [0.29, 0.717) is 12.0 Å². The largest absolute Gasteiger partial charge is 0.457 e. The van der Waals surface area contributed by atoms with E-state index in [1.807, 2.05) is 6.08 Å². The SMILES string of the molecule is C[C@H]1C(=O)Nc2ccc(C(=O)COC(=O)C[C@H]3C=CCC3)cc21. The number of benzene rings is 1. The molecule has 0 bridgehead atoms. The number of carbonyl (C=O) groups is 3. The van der Waals surface area contributed by atoms with Crippen LogP contribution in [0.3, 0.4) is 0 Å². The van der Waals surface area contributed by atoms with E-state index in [1.54, 1.807) is 25.1 Å². The molecule has 2 aliphatic rings. The third-order valence-corrected chi connectivity index (χ3v) is 4.40. The van der Waals surface area contributed by atoms with Gasteiger partial charge in [-0.25, -0.2) is 0 Å². The molecule has 0 aromatic heterocycles. The number of ether oxygens (including phenoxy) is 1. The molecule has 0 spiro atoms. The van der Waals surface area contributed by atoms with Gasteiger partial charge in [-0.05, 0) is 49.4 Å². The highest BCUT2D eigenvalue weighted by Gasteiger charge is 2.27. The molecular weight excluding hydrogens is 294 g/mol. The van der Waals surface area contributed by atoms with Gasteiger partial charge in [-0.3, -0.25) is 14.4 Å². The highest BCUT2D eigenvalue weighted by Crippen LogP contribution is 2.32. The standard InChI is InChI=1S/C18H19NO4/c1-11-14-9-13(6-7-15(14)19-18(11)22)16(20)10-23-17(21)8-12-4-2-3-5-12/h2,4,6-7,9,11-12H,3,5,8,10H2,1H3,(H,19,22)/t11-,12+/m1/s1. The van der Waals surface area contributed by atoms with Crippen molar-refractivity contribution in [3.63, 3.8) is 0 Å². The van der Waals surface area contributed by atoms with E-state index in [4.69, 9.17) is 4.74 Å². The Hall–Kier alpha value is -2.43. The fourth-order valence-corrected chi connectivity index (χ4v) is 2.96. The number of allylic oxidation sites excluding steroid dienone is 2. The van der Waals surface area contributed by atoms with Crippen LogP contribution in [0, 0.1) is 5.92 Å². The highest BCUT2D eigenvalue weighted by atomic mass is 16.5. The molecule has 0 saturated carbocycles. The normalized spacial score (nSPS) is 21.9. The molecule has 1 aromatic carbocycles. The summed E-state index contributed by atoms with van der Waals surface area (Å²) < 4.78 is 5.08. The molecule has 5 nitrogen and oxygen atoms in total. The van der Waals surface area contributed by atoms with Crippen molar-refractivity contribution in [1.82, 2.24) is 0 Å². The maximum absolute atomic E-state index is 12.2. The molecule has 0 saturated heterocycles. The van der Waals surface area contributed by atoms with Crippen molar-refractivity contribution in [2.24, 2.45) is 5.92 Å². The summed E-state index contributed by atoms with van der Waals surface area (Å²) in [6.45, 7) is 1.54. The summed E-state index contributed by atoms with van der Waals surface area (Å²) in [4.78, 5) is 35.6. The third kappa shape index (κ3) is 3.33. The lowest BCUT2D eigenvalue weighted by Gasteiger charge is -2.09. The topological polar surface area (TPSA) is 72.5 Å². The van der Waals surface area contributed by atoms with Crippen molar-refractivity contribution in [3.8, 4) is 0 Å². The molecule has 0 unspecified atom stereocenters. The second-order valence-corrected chi connectivity index (χ2v) is 6.07. The first kappa shape index (κ1) is 15.5. The Morgan fingerprint density at radius 1 is 1.35 bits per heavy atom. The van der Waals surface area contributed by atoms with Gasteiger partial charge in [0.05, 0.1) is 12.3 Å². The lowest BCUT2D eigenvalue weighted by Crippen LogP contribution is -2.16. The molecule has 0 fully saturated rings. The van der Waals surface area contributed by atoms with E-state index < -0.39 is 0 Å². The summed E-state index contributed by atoms with van der Waals surface area (Å²) in [6, 6.07) is 5.07. The Labute approximate surface area is 134 Å². The van der Waals surface area contributed by atoms with Gasteiger partial charge in [-0.2, -0.15) is 0 Å². The van der Waals surface area contributed by atoms with Gasteiger partial charge in [0.25, 0.3) is 0 Å². The van der Waals surface area contributed by atoms with E-state index in [0.717, 1.165) is 24.1 Å². The van der Waals surface area contributed by atoms with E-state index in [2.05, 4.69) is 11.4 Å². The number of ketones is 1. The molecule has 1 heterocycles. The number of Topliss-reactive ketones (excluding diaryl/α,β-unsaturated/α-hetero) is 1. The van der Waals surface area contributed by atoms with E-state index in [9.17, 15) is 14.4 Å². The van der Waals surface area contributed by atoms with Crippen molar-refractivity contribution in [1.29, 1.82) is 0 Å². The van der Waals surface area contributed by atoms with Gasteiger partial charge in [0, 0.05) is 11.3 Å². The van der Waals surface area contributed by atoms with Crippen molar-refractivity contribution >= 4 is 23.3 Å². The minimum Gasteiger partial charge on any atom is -0.457 e. The van der Waals surface area contributed by atoms with Crippen LogP contribution in [0.25, 0.3) is 0 Å². The fourth-order valence-electron chi connectivity index (χ4n) is 2.96. The van der Waals surface area contributed by atoms with Gasteiger partial charge in [0.1, 0.15) is 0 Å². The molecule has 1 amide bonds. The number of nitrogens with one attached hydrogen (secondary N) is 1. The van der Waals surface area contributed by atoms with E-state index >= 15 is 0 Å².